The summed E-state index contributed by atoms with van der Waals surface area (Å²) in [4.78, 5) is 25.7. The monoisotopic (exact) mass is 411 g/mol. The third kappa shape index (κ3) is 7.39. The van der Waals surface area contributed by atoms with Crippen molar-refractivity contribution in [3.8, 4) is 0 Å². The Kier molecular flexibility index (Phi) is 10.3. The summed E-state index contributed by atoms with van der Waals surface area (Å²) in [6.07, 6.45) is 2.95. The second kappa shape index (κ2) is 12.7. The highest BCUT2D eigenvalue weighted by Gasteiger charge is 2.21. The topological polar surface area (TPSA) is 93.9 Å². The van der Waals surface area contributed by atoms with E-state index in [1.807, 2.05) is 12.1 Å². The predicted molar refractivity (Wildman–Crippen MR) is 110 cm³/mol. The summed E-state index contributed by atoms with van der Waals surface area (Å²) in [6, 6.07) is 6.05. The summed E-state index contributed by atoms with van der Waals surface area (Å²) in [5.41, 5.74) is 8.51. The number of aryl methyl sites for hydroxylation is 2. The van der Waals surface area contributed by atoms with E-state index < -0.39 is 0 Å². The number of ether oxygens (including phenoxy) is 2. The van der Waals surface area contributed by atoms with E-state index in [0.29, 0.717) is 58.9 Å². The molecule has 3 N–H and O–H groups in total. The van der Waals surface area contributed by atoms with Crippen molar-refractivity contribution in [2.75, 3.05) is 56.8 Å². The molecular weight excluding hydrogens is 382 g/mol. The van der Waals surface area contributed by atoms with Crippen molar-refractivity contribution in [3.63, 3.8) is 0 Å². The van der Waals surface area contributed by atoms with Crippen LogP contribution in [0.4, 0.5) is 5.69 Å². The molecule has 2 rings (SSSR count). The largest absolute Gasteiger partial charge is 0.378 e. The van der Waals surface area contributed by atoms with Gasteiger partial charge in [-0.1, -0.05) is 12.1 Å². The van der Waals surface area contributed by atoms with Crippen molar-refractivity contribution >= 4 is 29.1 Å². The molecule has 156 valence electrons. The quantitative estimate of drug-likeness (QED) is 0.398. The molecule has 2 amide bonds. The Hall–Kier alpha value is -1.67. The maximum atomic E-state index is 12.0. The summed E-state index contributed by atoms with van der Waals surface area (Å²) >= 11 is 5.70. The molecular formula is C20H30ClN3O4. The van der Waals surface area contributed by atoms with Gasteiger partial charge in [-0.3, -0.25) is 9.59 Å². The van der Waals surface area contributed by atoms with Gasteiger partial charge >= 0.3 is 0 Å². The summed E-state index contributed by atoms with van der Waals surface area (Å²) in [7, 11) is 0. The fraction of sp³-hybridized carbons (Fsp3) is 0.600. The lowest BCUT2D eigenvalue weighted by atomic mass is 9.97. The summed E-state index contributed by atoms with van der Waals surface area (Å²) in [5, 5.41) is 2.85. The maximum Gasteiger partial charge on any atom is 0.241 e. The van der Waals surface area contributed by atoms with Crippen LogP contribution in [-0.2, 0) is 31.9 Å². The van der Waals surface area contributed by atoms with Gasteiger partial charge in [0.2, 0.25) is 11.8 Å². The van der Waals surface area contributed by atoms with Gasteiger partial charge in [0.15, 0.2) is 0 Å². The second-order valence-corrected chi connectivity index (χ2v) is 6.88. The Balaban J connectivity index is 1.69. The molecule has 0 unspecified atom stereocenters. The standard InChI is InChI=1S/C20H30ClN3O4/c21-15-20(26)24-9-1-2-17-14-16(3-5-18(17)24)4-6-19(25)23-8-11-28-13-12-27-10-7-22/h3,5,14H,1-2,4,6-13,15,22H2,(H,23,25). The molecule has 0 aliphatic carbocycles. The molecule has 28 heavy (non-hydrogen) atoms. The van der Waals surface area contributed by atoms with Crippen LogP contribution >= 0.6 is 11.6 Å². The highest BCUT2D eigenvalue weighted by molar-refractivity contribution is 6.29. The molecule has 0 radical (unpaired) electrons. The summed E-state index contributed by atoms with van der Waals surface area (Å²) in [5.74, 6) is -0.0752. The van der Waals surface area contributed by atoms with E-state index in [-0.39, 0.29) is 17.7 Å². The van der Waals surface area contributed by atoms with Gasteiger partial charge in [0.1, 0.15) is 5.88 Å². The molecule has 0 aromatic heterocycles. The van der Waals surface area contributed by atoms with Crippen LogP contribution in [0.15, 0.2) is 18.2 Å². The maximum absolute atomic E-state index is 12.0. The molecule has 1 aliphatic heterocycles. The van der Waals surface area contributed by atoms with Crippen LogP contribution in [0.5, 0.6) is 0 Å². The number of carbonyl (C=O) groups excluding carboxylic acids is 2. The van der Waals surface area contributed by atoms with Crippen molar-refractivity contribution in [2.45, 2.75) is 25.7 Å². The average molecular weight is 412 g/mol. The van der Waals surface area contributed by atoms with Crippen molar-refractivity contribution < 1.29 is 19.1 Å². The first-order valence-corrected chi connectivity index (χ1v) is 10.3. The van der Waals surface area contributed by atoms with Gasteiger partial charge in [-0.25, -0.2) is 0 Å². The van der Waals surface area contributed by atoms with E-state index >= 15 is 0 Å². The summed E-state index contributed by atoms with van der Waals surface area (Å²) in [6.45, 7) is 3.69. The van der Waals surface area contributed by atoms with Gasteiger partial charge in [0, 0.05) is 31.7 Å². The van der Waals surface area contributed by atoms with Crippen LogP contribution in [-0.4, -0.2) is 63.8 Å². The van der Waals surface area contributed by atoms with Gasteiger partial charge in [0.05, 0.1) is 26.4 Å². The lowest BCUT2D eigenvalue weighted by Gasteiger charge is -2.29. The van der Waals surface area contributed by atoms with Gasteiger partial charge in [0.25, 0.3) is 0 Å². The van der Waals surface area contributed by atoms with Crippen LogP contribution in [0.2, 0.25) is 0 Å². The number of rotatable bonds is 12. The Morgan fingerprint density at radius 3 is 2.71 bits per heavy atom. The van der Waals surface area contributed by atoms with E-state index in [2.05, 4.69) is 11.4 Å². The molecule has 1 aromatic rings. The first-order chi connectivity index (χ1) is 13.7. The number of amides is 2. The Labute approximate surface area is 171 Å². The molecule has 1 aliphatic rings. The minimum absolute atomic E-state index is 0.000327. The Morgan fingerprint density at radius 2 is 1.96 bits per heavy atom. The minimum Gasteiger partial charge on any atom is -0.378 e. The van der Waals surface area contributed by atoms with E-state index in [1.165, 1.54) is 0 Å². The minimum atomic E-state index is -0.0668. The molecule has 0 spiro atoms. The number of nitrogens with two attached hydrogens (primary N) is 1. The van der Waals surface area contributed by atoms with Crippen LogP contribution in [0.25, 0.3) is 0 Å². The van der Waals surface area contributed by atoms with E-state index in [4.69, 9.17) is 26.8 Å². The highest BCUT2D eigenvalue weighted by atomic mass is 35.5. The number of carbonyl (C=O) groups is 2. The molecule has 0 atom stereocenters. The highest BCUT2D eigenvalue weighted by Crippen LogP contribution is 2.28. The van der Waals surface area contributed by atoms with Crippen LogP contribution in [0.1, 0.15) is 24.0 Å². The van der Waals surface area contributed by atoms with Crippen LogP contribution in [0, 0.1) is 0 Å². The van der Waals surface area contributed by atoms with Crippen LogP contribution < -0.4 is 16.0 Å². The third-order valence-electron chi connectivity index (χ3n) is 4.52. The van der Waals surface area contributed by atoms with E-state index in [9.17, 15) is 9.59 Å². The molecule has 7 nitrogen and oxygen atoms in total. The average Bonchev–Trinajstić information content (AvgIpc) is 2.72. The third-order valence-corrected chi connectivity index (χ3v) is 4.75. The van der Waals surface area contributed by atoms with Crippen molar-refractivity contribution in [3.05, 3.63) is 29.3 Å². The first-order valence-electron chi connectivity index (χ1n) is 9.76. The SMILES string of the molecule is NCCOCCOCCNC(=O)CCc1ccc2c(c1)CCCN2C(=O)CCl. The smallest absolute Gasteiger partial charge is 0.241 e. The van der Waals surface area contributed by atoms with Crippen molar-refractivity contribution in [1.82, 2.24) is 5.32 Å². The molecule has 0 fully saturated rings. The van der Waals surface area contributed by atoms with Gasteiger partial charge < -0.3 is 25.4 Å². The zero-order chi connectivity index (χ0) is 20.2. The summed E-state index contributed by atoms with van der Waals surface area (Å²) < 4.78 is 10.6. The molecule has 0 bridgehead atoms. The van der Waals surface area contributed by atoms with E-state index in [0.717, 1.165) is 29.7 Å². The lowest BCUT2D eigenvalue weighted by molar-refractivity contribution is -0.121. The van der Waals surface area contributed by atoms with Crippen LogP contribution in [0.3, 0.4) is 0 Å². The number of nitrogens with one attached hydrogen (secondary N) is 1. The van der Waals surface area contributed by atoms with Crippen molar-refractivity contribution in [1.29, 1.82) is 0 Å². The number of hydrogen-bond donors (Lipinski definition) is 2. The zero-order valence-corrected chi connectivity index (χ0v) is 17.0. The number of benzene rings is 1. The van der Waals surface area contributed by atoms with Gasteiger partial charge in [-0.15, -0.1) is 11.6 Å². The fourth-order valence-corrected chi connectivity index (χ4v) is 3.30. The first kappa shape index (κ1) is 22.6. The Bertz CT molecular complexity index is 642. The predicted octanol–water partition coefficient (Wildman–Crippen LogP) is 1.25. The molecule has 1 aromatic carbocycles. The molecule has 8 heteroatoms. The molecule has 0 saturated carbocycles. The zero-order valence-electron chi connectivity index (χ0n) is 16.3. The number of nitrogens with zero attached hydrogens (tertiary/aromatic N) is 1. The molecule has 1 heterocycles. The van der Waals surface area contributed by atoms with Crippen molar-refractivity contribution in [2.24, 2.45) is 5.73 Å². The normalized spacial score (nSPS) is 13.3. The lowest BCUT2D eigenvalue weighted by Crippen LogP contribution is -2.36. The number of anilines is 1. The second-order valence-electron chi connectivity index (χ2n) is 6.61. The van der Waals surface area contributed by atoms with Gasteiger partial charge in [-0.2, -0.15) is 0 Å². The van der Waals surface area contributed by atoms with E-state index in [1.54, 1.807) is 4.90 Å². The number of alkyl halides is 1. The fourth-order valence-electron chi connectivity index (χ4n) is 3.15. The Morgan fingerprint density at radius 1 is 1.18 bits per heavy atom. The molecule has 0 saturated heterocycles. The van der Waals surface area contributed by atoms with Gasteiger partial charge in [-0.05, 0) is 36.5 Å². The number of hydrogen-bond acceptors (Lipinski definition) is 5. The number of fused-ring (bicyclic) bond motifs is 1. The number of halogens is 1.